The van der Waals surface area contributed by atoms with Gasteiger partial charge in [-0.25, -0.2) is 14.7 Å². The molecule has 5 nitrogen and oxygen atoms in total. The number of carbonyl (C=O) groups excluding carboxylic acids is 2. The molecule has 0 aliphatic carbocycles. The van der Waals surface area contributed by atoms with Crippen LogP contribution in [0.5, 0.6) is 0 Å². The van der Waals surface area contributed by atoms with E-state index in [-0.39, 0.29) is 18.0 Å². The van der Waals surface area contributed by atoms with Crippen LogP contribution in [0.3, 0.4) is 0 Å². The number of aryl methyl sites for hydroxylation is 1. The molecule has 0 N–H and O–H groups in total. The molecular formula is C14H19N3O2. The topological polar surface area (TPSA) is 53.5 Å². The Labute approximate surface area is 113 Å². The highest BCUT2D eigenvalue weighted by Crippen LogP contribution is 2.26. The molecule has 1 aromatic rings. The van der Waals surface area contributed by atoms with E-state index in [0.717, 1.165) is 5.56 Å². The highest BCUT2D eigenvalue weighted by Gasteiger charge is 2.44. The van der Waals surface area contributed by atoms with Gasteiger partial charge in [-0.1, -0.05) is 13.8 Å². The number of imide groups is 1. The third-order valence-electron chi connectivity index (χ3n) is 3.29. The lowest BCUT2D eigenvalue weighted by molar-refractivity contribution is -0.119. The quantitative estimate of drug-likeness (QED) is 0.784. The maximum atomic E-state index is 12.4. The maximum absolute atomic E-state index is 12.4. The summed E-state index contributed by atoms with van der Waals surface area (Å²) in [6.45, 7) is 5.99. The fourth-order valence-corrected chi connectivity index (χ4v) is 2.26. The monoisotopic (exact) mass is 261 g/mol. The van der Waals surface area contributed by atoms with Crippen molar-refractivity contribution in [2.24, 2.45) is 5.92 Å². The van der Waals surface area contributed by atoms with E-state index in [1.165, 1.54) is 9.80 Å². The molecule has 3 amide bonds. The van der Waals surface area contributed by atoms with Crippen LogP contribution in [0.15, 0.2) is 18.3 Å². The Morgan fingerprint density at radius 3 is 2.63 bits per heavy atom. The Bertz CT molecular complexity index is 513. The van der Waals surface area contributed by atoms with Crippen LogP contribution in [0, 0.1) is 12.8 Å². The van der Waals surface area contributed by atoms with Gasteiger partial charge in [0.05, 0.1) is 0 Å². The van der Waals surface area contributed by atoms with Gasteiger partial charge in [0.2, 0.25) is 0 Å². The van der Waals surface area contributed by atoms with Crippen LogP contribution >= 0.6 is 0 Å². The fourth-order valence-electron chi connectivity index (χ4n) is 2.26. The summed E-state index contributed by atoms with van der Waals surface area (Å²) in [5, 5.41) is 0. The second-order valence-electron chi connectivity index (χ2n) is 5.40. The highest BCUT2D eigenvalue weighted by atomic mass is 16.2. The predicted octanol–water partition coefficient (Wildman–Crippen LogP) is 2.20. The van der Waals surface area contributed by atoms with E-state index in [2.05, 4.69) is 4.98 Å². The van der Waals surface area contributed by atoms with Crippen molar-refractivity contribution in [1.29, 1.82) is 0 Å². The average molecular weight is 261 g/mol. The second-order valence-corrected chi connectivity index (χ2v) is 5.40. The molecule has 2 rings (SSSR count). The summed E-state index contributed by atoms with van der Waals surface area (Å²) >= 11 is 0. The molecule has 1 aliphatic rings. The van der Waals surface area contributed by atoms with E-state index < -0.39 is 0 Å². The molecule has 0 spiro atoms. The Morgan fingerprint density at radius 1 is 1.37 bits per heavy atom. The van der Waals surface area contributed by atoms with Gasteiger partial charge in [-0.15, -0.1) is 0 Å². The van der Waals surface area contributed by atoms with Gasteiger partial charge in [-0.2, -0.15) is 0 Å². The molecule has 2 heterocycles. The highest BCUT2D eigenvalue weighted by molar-refractivity contribution is 6.20. The number of pyridine rings is 1. The first-order chi connectivity index (χ1) is 8.91. The number of anilines is 1. The summed E-state index contributed by atoms with van der Waals surface area (Å²) in [7, 11) is 1.67. The Morgan fingerprint density at radius 2 is 2.05 bits per heavy atom. The van der Waals surface area contributed by atoms with Crippen LogP contribution < -0.4 is 4.90 Å². The van der Waals surface area contributed by atoms with E-state index in [1.54, 1.807) is 19.3 Å². The van der Waals surface area contributed by atoms with Crippen molar-refractivity contribution in [2.45, 2.75) is 33.2 Å². The van der Waals surface area contributed by atoms with Crippen LogP contribution in [0.1, 0.15) is 25.8 Å². The van der Waals surface area contributed by atoms with Crippen molar-refractivity contribution < 1.29 is 9.59 Å². The van der Waals surface area contributed by atoms with Crippen molar-refractivity contribution in [1.82, 2.24) is 9.88 Å². The number of hydrogen-bond acceptors (Lipinski definition) is 3. The van der Waals surface area contributed by atoms with Crippen LogP contribution in [0.2, 0.25) is 0 Å². The van der Waals surface area contributed by atoms with Gasteiger partial charge in [-0.3, -0.25) is 4.79 Å². The van der Waals surface area contributed by atoms with Crippen molar-refractivity contribution in [3.8, 4) is 0 Å². The smallest absolute Gasteiger partial charge is 0.315 e. The Hall–Kier alpha value is -1.91. The van der Waals surface area contributed by atoms with E-state index in [4.69, 9.17) is 0 Å². The summed E-state index contributed by atoms with van der Waals surface area (Å²) < 4.78 is 0. The molecular weight excluding hydrogens is 242 g/mol. The number of hydrogen-bond donors (Lipinski definition) is 0. The van der Waals surface area contributed by atoms with Crippen LogP contribution in [-0.4, -0.2) is 34.9 Å². The first-order valence-electron chi connectivity index (χ1n) is 6.45. The zero-order valence-electron chi connectivity index (χ0n) is 11.8. The van der Waals surface area contributed by atoms with E-state index >= 15 is 0 Å². The number of likely N-dealkylation sites (N-methyl/N-ethyl adjacent to an activating group) is 1. The van der Waals surface area contributed by atoms with E-state index in [9.17, 15) is 9.59 Å². The van der Waals surface area contributed by atoms with Gasteiger partial charge in [0.15, 0.2) is 0 Å². The van der Waals surface area contributed by atoms with E-state index in [1.807, 2.05) is 26.8 Å². The van der Waals surface area contributed by atoms with E-state index in [0.29, 0.717) is 18.2 Å². The summed E-state index contributed by atoms with van der Waals surface area (Å²) in [4.78, 5) is 31.4. The second kappa shape index (κ2) is 4.99. The average Bonchev–Trinajstić information content (AvgIpc) is 2.53. The molecule has 1 atom stereocenters. The molecule has 102 valence electrons. The molecule has 5 heteroatoms. The molecule has 0 saturated carbocycles. The first-order valence-corrected chi connectivity index (χ1v) is 6.45. The number of amides is 3. The molecule has 1 aliphatic heterocycles. The molecule has 0 bridgehead atoms. The van der Waals surface area contributed by atoms with Crippen molar-refractivity contribution in [3.63, 3.8) is 0 Å². The lowest BCUT2D eigenvalue weighted by atomic mass is 10.0. The summed E-state index contributed by atoms with van der Waals surface area (Å²) in [6.07, 6.45) is 2.28. The van der Waals surface area contributed by atoms with Crippen LogP contribution in [0.25, 0.3) is 0 Å². The number of nitrogens with zero attached hydrogens (tertiary/aromatic N) is 3. The minimum atomic E-state index is -0.380. The van der Waals surface area contributed by atoms with Gasteiger partial charge >= 0.3 is 6.03 Å². The third kappa shape index (κ3) is 2.45. The summed E-state index contributed by atoms with van der Waals surface area (Å²) in [5.74, 6) is 0.585. The van der Waals surface area contributed by atoms with Crippen molar-refractivity contribution in [2.75, 3.05) is 11.9 Å². The third-order valence-corrected chi connectivity index (χ3v) is 3.29. The molecule has 19 heavy (non-hydrogen) atoms. The lowest BCUT2D eigenvalue weighted by Crippen LogP contribution is -2.32. The minimum Gasteiger partial charge on any atom is -0.315 e. The Kier molecular flexibility index (Phi) is 3.55. The zero-order valence-corrected chi connectivity index (χ0v) is 11.8. The Balaban J connectivity index is 2.32. The molecule has 0 aromatic carbocycles. The summed E-state index contributed by atoms with van der Waals surface area (Å²) in [5.41, 5.74) is 0.973. The maximum Gasteiger partial charge on any atom is 0.333 e. The number of aromatic nitrogens is 1. The summed E-state index contributed by atoms with van der Waals surface area (Å²) in [6, 6.07) is 2.91. The lowest BCUT2D eigenvalue weighted by Gasteiger charge is -2.17. The first kappa shape index (κ1) is 13.5. The zero-order chi connectivity index (χ0) is 14.2. The van der Waals surface area contributed by atoms with Gasteiger partial charge in [-0.05, 0) is 37.0 Å². The molecule has 0 radical (unpaired) electrons. The standard InChI is InChI=1S/C14H19N3O2/c1-9(2)7-11-13(18)17(14(19)16(11)4)12-8-10(3)5-6-15-12/h5-6,8-9,11H,7H2,1-4H3. The SMILES string of the molecule is Cc1ccnc(N2C(=O)C(CC(C)C)N(C)C2=O)c1. The van der Waals surface area contributed by atoms with Gasteiger partial charge in [0.1, 0.15) is 11.9 Å². The minimum absolute atomic E-state index is 0.181. The van der Waals surface area contributed by atoms with Crippen molar-refractivity contribution in [3.05, 3.63) is 23.9 Å². The van der Waals surface area contributed by atoms with Gasteiger partial charge in [0.25, 0.3) is 5.91 Å². The number of rotatable bonds is 3. The molecule has 1 fully saturated rings. The largest absolute Gasteiger partial charge is 0.333 e. The molecule has 1 saturated heterocycles. The van der Waals surface area contributed by atoms with Gasteiger partial charge in [0, 0.05) is 13.2 Å². The number of urea groups is 1. The van der Waals surface area contributed by atoms with Gasteiger partial charge < -0.3 is 4.90 Å². The fraction of sp³-hybridized carbons (Fsp3) is 0.500. The van der Waals surface area contributed by atoms with Crippen LogP contribution in [-0.2, 0) is 4.79 Å². The molecule has 1 unspecified atom stereocenters. The normalized spacial score (nSPS) is 19.7. The number of carbonyl (C=O) groups is 2. The predicted molar refractivity (Wildman–Crippen MR) is 72.9 cm³/mol. The van der Waals surface area contributed by atoms with Crippen LogP contribution in [0.4, 0.5) is 10.6 Å². The van der Waals surface area contributed by atoms with Crippen molar-refractivity contribution >= 4 is 17.8 Å². The molecule has 1 aromatic heterocycles.